The highest BCUT2D eigenvalue weighted by Crippen LogP contribution is 2.19. The highest BCUT2D eigenvalue weighted by molar-refractivity contribution is 6.08. The van der Waals surface area contributed by atoms with E-state index in [1.54, 1.807) is 30.5 Å². The van der Waals surface area contributed by atoms with Gasteiger partial charge in [0, 0.05) is 40.8 Å². The van der Waals surface area contributed by atoms with E-state index in [2.05, 4.69) is 22.7 Å². The third-order valence-electron chi connectivity index (χ3n) is 4.70. The van der Waals surface area contributed by atoms with Crippen LogP contribution >= 0.6 is 0 Å². The first kappa shape index (κ1) is 19.0. The number of nitrogens with zero attached hydrogens (tertiary/aromatic N) is 1. The van der Waals surface area contributed by atoms with Crippen molar-refractivity contribution in [3.05, 3.63) is 107 Å². The molecule has 4 rings (SSSR count). The van der Waals surface area contributed by atoms with Gasteiger partial charge in [0.15, 0.2) is 0 Å². The van der Waals surface area contributed by atoms with Crippen LogP contribution in [-0.2, 0) is 7.05 Å². The van der Waals surface area contributed by atoms with Gasteiger partial charge < -0.3 is 4.57 Å². The summed E-state index contributed by atoms with van der Waals surface area (Å²) in [6.45, 7) is 0. The number of amides is 2. The molecule has 0 radical (unpaired) electrons. The van der Waals surface area contributed by atoms with Crippen LogP contribution in [-0.4, -0.2) is 16.4 Å². The largest absolute Gasteiger partial charge is 0.350 e. The lowest BCUT2D eigenvalue weighted by Gasteiger charge is -2.07. The zero-order valence-electron chi connectivity index (χ0n) is 16.3. The van der Waals surface area contributed by atoms with Crippen molar-refractivity contribution in [3.63, 3.8) is 0 Å². The molecule has 0 fully saturated rings. The van der Waals surface area contributed by atoms with Crippen molar-refractivity contribution in [2.75, 3.05) is 0 Å². The van der Waals surface area contributed by atoms with Gasteiger partial charge >= 0.3 is 0 Å². The third kappa shape index (κ3) is 4.08. The number of nitrogens with one attached hydrogen (secondary N) is 2. The summed E-state index contributed by atoms with van der Waals surface area (Å²) in [5.41, 5.74) is 8.55. The minimum absolute atomic E-state index is 0.370. The van der Waals surface area contributed by atoms with Gasteiger partial charge in [-0.25, -0.2) is 0 Å². The van der Waals surface area contributed by atoms with Gasteiger partial charge in [0.2, 0.25) is 0 Å². The normalized spacial score (nSPS) is 10.2. The Labute approximate surface area is 174 Å². The van der Waals surface area contributed by atoms with E-state index >= 15 is 0 Å². The lowest BCUT2D eigenvalue weighted by atomic mass is 10.1. The molecule has 0 aliphatic carbocycles. The maximum Gasteiger partial charge on any atom is 0.271 e. The number of rotatable bonds is 2. The molecule has 1 heterocycles. The fourth-order valence-electron chi connectivity index (χ4n) is 3.15. The summed E-state index contributed by atoms with van der Waals surface area (Å²) in [4.78, 5) is 24.9. The molecule has 30 heavy (non-hydrogen) atoms. The van der Waals surface area contributed by atoms with E-state index in [9.17, 15) is 9.59 Å². The number of carbonyl (C=O) groups is 2. The molecule has 2 amide bonds. The highest BCUT2D eigenvalue weighted by atomic mass is 16.2. The van der Waals surface area contributed by atoms with Crippen molar-refractivity contribution in [2.24, 2.45) is 7.05 Å². The SMILES string of the molecule is Cn1cc(C(=O)NNC(=O)c2ccc(C#Cc3ccccc3)cc2)c2ccccc21. The average Bonchev–Trinajstić information content (AvgIpc) is 3.14. The van der Waals surface area contributed by atoms with Crippen LogP contribution < -0.4 is 10.9 Å². The van der Waals surface area contributed by atoms with Crippen molar-refractivity contribution in [3.8, 4) is 11.8 Å². The van der Waals surface area contributed by atoms with Gasteiger partial charge in [0.05, 0.1) is 5.56 Å². The minimum atomic E-state index is -0.397. The number of carbonyl (C=O) groups excluding carboxylic acids is 2. The molecule has 0 bridgehead atoms. The molecule has 1 aromatic heterocycles. The molecule has 3 aromatic carbocycles. The number of hydrogen-bond donors (Lipinski definition) is 2. The van der Waals surface area contributed by atoms with Crippen molar-refractivity contribution in [1.82, 2.24) is 15.4 Å². The molecule has 0 aliphatic rings. The zero-order chi connectivity index (χ0) is 20.9. The molecule has 0 saturated carbocycles. The minimum Gasteiger partial charge on any atom is -0.350 e. The lowest BCUT2D eigenvalue weighted by molar-refractivity contribution is 0.0847. The van der Waals surface area contributed by atoms with E-state index in [4.69, 9.17) is 0 Å². The molecule has 5 nitrogen and oxygen atoms in total. The maximum absolute atomic E-state index is 12.5. The smallest absolute Gasteiger partial charge is 0.271 e. The third-order valence-corrected chi connectivity index (χ3v) is 4.70. The van der Waals surface area contributed by atoms with Crippen LogP contribution in [0.2, 0.25) is 0 Å². The second kappa shape index (κ2) is 8.38. The standard InChI is InChI=1S/C25H19N3O2/c1-28-17-22(21-9-5-6-10-23(21)28)25(30)27-26-24(29)20-15-13-19(14-16-20)12-11-18-7-3-2-4-8-18/h2-10,13-17H,1H3,(H,26,29)(H,27,30). The molecule has 0 atom stereocenters. The van der Waals surface area contributed by atoms with Crippen molar-refractivity contribution in [2.45, 2.75) is 0 Å². The Morgan fingerprint density at radius 3 is 2.07 bits per heavy atom. The Morgan fingerprint density at radius 2 is 1.33 bits per heavy atom. The highest BCUT2D eigenvalue weighted by Gasteiger charge is 2.14. The van der Waals surface area contributed by atoms with E-state index in [1.165, 1.54) is 0 Å². The van der Waals surface area contributed by atoms with E-state index in [0.717, 1.165) is 22.0 Å². The summed E-state index contributed by atoms with van der Waals surface area (Å²) in [6.07, 6.45) is 1.74. The summed E-state index contributed by atoms with van der Waals surface area (Å²) < 4.78 is 1.88. The van der Waals surface area contributed by atoms with Gasteiger partial charge in [-0.1, -0.05) is 48.2 Å². The Morgan fingerprint density at radius 1 is 0.733 bits per heavy atom. The summed E-state index contributed by atoms with van der Waals surface area (Å²) >= 11 is 0. The van der Waals surface area contributed by atoms with Gasteiger partial charge in [-0.05, 0) is 42.5 Å². The van der Waals surface area contributed by atoms with E-state index in [-0.39, 0.29) is 5.91 Å². The van der Waals surface area contributed by atoms with Gasteiger partial charge in [0.25, 0.3) is 11.8 Å². The van der Waals surface area contributed by atoms with Crippen LogP contribution in [0.1, 0.15) is 31.8 Å². The number of hydrazine groups is 1. The Bertz CT molecular complexity index is 1280. The van der Waals surface area contributed by atoms with Gasteiger partial charge in [0.1, 0.15) is 0 Å². The zero-order valence-corrected chi connectivity index (χ0v) is 16.3. The molecule has 4 aromatic rings. The molecule has 146 valence electrons. The first-order valence-electron chi connectivity index (χ1n) is 9.44. The predicted octanol–water partition coefficient (Wildman–Crippen LogP) is 3.65. The quantitative estimate of drug-likeness (QED) is 0.403. The molecular weight excluding hydrogens is 374 g/mol. The molecule has 0 saturated heterocycles. The second-order valence-corrected chi connectivity index (χ2v) is 6.77. The van der Waals surface area contributed by atoms with Crippen LogP contribution in [0.3, 0.4) is 0 Å². The van der Waals surface area contributed by atoms with Crippen molar-refractivity contribution in [1.29, 1.82) is 0 Å². The molecular formula is C25H19N3O2. The number of aryl methyl sites for hydroxylation is 1. The van der Waals surface area contributed by atoms with Crippen molar-refractivity contribution < 1.29 is 9.59 Å². The predicted molar refractivity (Wildman–Crippen MR) is 117 cm³/mol. The first-order valence-corrected chi connectivity index (χ1v) is 9.44. The van der Waals surface area contributed by atoms with E-state index in [0.29, 0.717) is 11.1 Å². The first-order chi connectivity index (χ1) is 14.6. The van der Waals surface area contributed by atoms with Gasteiger partial charge in [-0.3, -0.25) is 20.4 Å². The fourth-order valence-corrected chi connectivity index (χ4v) is 3.15. The molecule has 0 aliphatic heterocycles. The molecule has 0 unspecified atom stereocenters. The average molecular weight is 393 g/mol. The van der Waals surface area contributed by atoms with Crippen LogP contribution in [0.4, 0.5) is 0 Å². The Hall–Kier alpha value is -4.30. The number of aromatic nitrogens is 1. The van der Waals surface area contributed by atoms with Crippen LogP contribution in [0.15, 0.2) is 85.1 Å². The number of hydrogen-bond acceptors (Lipinski definition) is 2. The summed E-state index contributed by atoms with van der Waals surface area (Å²) in [5, 5.41) is 0.827. The van der Waals surface area contributed by atoms with Crippen LogP contribution in [0.5, 0.6) is 0 Å². The summed E-state index contributed by atoms with van der Waals surface area (Å²) in [5.74, 6) is 5.37. The summed E-state index contributed by atoms with van der Waals surface area (Å²) in [7, 11) is 1.87. The van der Waals surface area contributed by atoms with E-state index < -0.39 is 5.91 Å². The second-order valence-electron chi connectivity index (χ2n) is 6.77. The maximum atomic E-state index is 12.5. The number of para-hydroxylation sites is 1. The molecule has 2 N–H and O–H groups in total. The Balaban J connectivity index is 1.40. The Kier molecular flexibility index (Phi) is 5.31. The van der Waals surface area contributed by atoms with Gasteiger partial charge in [-0.15, -0.1) is 0 Å². The van der Waals surface area contributed by atoms with E-state index in [1.807, 2.05) is 66.2 Å². The summed E-state index contributed by atoms with van der Waals surface area (Å²) in [6, 6.07) is 24.2. The lowest BCUT2D eigenvalue weighted by Crippen LogP contribution is -2.41. The topological polar surface area (TPSA) is 63.1 Å². The molecule has 5 heteroatoms. The number of benzene rings is 3. The van der Waals surface area contributed by atoms with Crippen LogP contribution in [0.25, 0.3) is 10.9 Å². The van der Waals surface area contributed by atoms with Crippen molar-refractivity contribution >= 4 is 22.7 Å². The van der Waals surface area contributed by atoms with Gasteiger partial charge in [-0.2, -0.15) is 0 Å². The fraction of sp³-hybridized carbons (Fsp3) is 0.0400. The molecule has 0 spiro atoms. The number of fused-ring (bicyclic) bond motifs is 1. The monoisotopic (exact) mass is 393 g/mol. The van der Waals surface area contributed by atoms with Crippen LogP contribution in [0, 0.1) is 11.8 Å².